The van der Waals surface area contributed by atoms with Crippen LogP contribution < -0.4 is 10.5 Å². The molecule has 3 N–H and O–H groups in total. The first-order chi connectivity index (χ1) is 16.6. The molecule has 1 unspecified atom stereocenters. The van der Waals surface area contributed by atoms with Gasteiger partial charge >= 0.3 is 5.97 Å². The predicted octanol–water partition coefficient (Wildman–Crippen LogP) is 4.80. The fourth-order valence-electron chi connectivity index (χ4n) is 2.89. The Morgan fingerprint density at radius 3 is 1.91 bits per heavy atom. The summed E-state index contributed by atoms with van der Waals surface area (Å²) in [5.41, 5.74) is 7.46. The molecule has 1 atom stereocenters. The van der Waals surface area contributed by atoms with Crippen LogP contribution in [0.5, 0.6) is 5.75 Å². The molecule has 0 heterocycles. The highest BCUT2D eigenvalue weighted by Gasteiger charge is 2.46. The molecule has 0 bridgehead atoms. The molecule has 0 fully saturated rings. The summed E-state index contributed by atoms with van der Waals surface area (Å²) in [5.74, 6) is -0.934. The lowest BCUT2D eigenvalue weighted by atomic mass is 10.2. The van der Waals surface area contributed by atoms with Gasteiger partial charge in [-0.05, 0) is 58.4 Å². The van der Waals surface area contributed by atoms with Crippen LogP contribution in [-0.4, -0.2) is 51.7 Å². The van der Waals surface area contributed by atoms with Crippen molar-refractivity contribution in [1.29, 1.82) is 0 Å². The predicted molar refractivity (Wildman–Crippen MR) is 135 cm³/mol. The monoisotopic (exact) mass is 513 g/mol. The number of anilines is 1. The lowest BCUT2D eigenvalue weighted by molar-refractivity contribution is -0.442. The van der Waals surface area contributed by atoms with Crippen molar-refractivity contribution in [3.63, 3.8) is 0 Å². The number of aryl methyl sites for hydroxylation is 1. The van der Waals surface area contributed by atoms with Crippen LogP contribution in [0.1, 0.15) is 46.1 Å². The second-order valence-corrected chi connectivity index (χ2v) is 8.82. The number of nitrogens with two attached hydrogens (primary N) is 1. The summed E-state index contributed by atoms with van der Waals surface area (Å²) in [6, 6.07) is 13.2. The molecule has 9 nitrogen and oxygen atoms in total. The highest BCUT2D eigenvalue weighted by Crippen LogP contribution is 2.29. The molecule has 0 aromatic heterocycles. The highest BCUT2D eigenvalue weighted by molar-refractivity contribution is 7.85. The van der Waals surface area contributed by atoms with Crippen LogP contribution >= 0.6 is 0 Å². The van der Waals surface area contributed by atoms with E-state index in [0.717, 1.165) is 18.4 Å². The summed E-state index contributed by atoms with van der Waals surface area (Å²) in [6.45, 7) is 11.2. The van der Waals surface area contributed by atoms with Gasteiger partial charge in [0.2, 0.25) is 0 Å². The van der Waals surface area contributed by atoms with E-state index in [4.69, 9.17) is 34.0 Å². The average Bonchev–Trinajstić information content (AvgIpc) is 2.80. The van der Waals surface area contributed by atoms with E-state index in [-0.39, 0.29) is 4.90 Å². The SMILES string of the molecule is CCCCOC(Oc1ccccc1N)C(OCC)(OCC)OCC.Cc1ccc(S(=O)(=O)O)cc1. The summed E-state index contributed by atoms with van der Waals surface area (Å²) in [4.78, 5) is -0.0666. The third-order valence-electron chi connectivity index (χ3n) is 4.56. The number of rotatable bonds is 14. The van der Waals surface area contributed by atoms with Crippen molar-refractivity contribution >= 4 is 15.8 Å². The summed E-state index contributed by atoms with van der Waals surface area (Å²) >= 11 is 0. The zero-order valence-electron chi connectivity index (χ0n) is 21.2. The molecule has 10 heteroatoms. The molecule has 2 aromatic carbocycles. The Morgan fingerprint density at radius 1 is 0.914 bits per heavy atom. The Labute approximate surface area is 209 Å². The van der Waals surface area contributed by atoms with Crippen molar-refractivity contribution in [1.82, 2.24) is 0 Å². The van der Waals surface area contributed by atoms with Gasteiger partial charge in [-0.1, -0.05) is 43.2 Å². The van der Waals surface area contributed by atoms with Crippen molar-refractivity contribution in [3.05, 3.63) is 54.1 Å². The zero-order chi connectivity index (χ0) is 26.3. The lowest BCUT2D eigenvalue weighted by Crippen LogP contribution is -2.54. The van der Waals surface area contributed by atoms with E-state index in [9.17, 15) is 8.42 Å². The van der Waals surface area contributed by atoms with Crippen LogP contribution in [0.25, 0.3) is 0 Å². The number of ether oxygens (including phenoxy) is 5. The van der Waals surface area contributed by atoms with Crippen LogP contribution in [-0.2, 0) is 29.1 Å². The van der Waals surface area contributed by atoms with Gasteiger partial charge in [0.05, 0.1) is 17.2 Å². The minimum Gasteiger partial charge on any atom is -0.454 e. The van der Waals surface area contributed by atoms with Crippen LogP contribution in [0, 0.1) is 6.92 Å². The molecule has 35 heavy (non-hydrogen) atoms. The van der Waals surface area contributed by atoms with Crippen LogP contribution in [0.15, 0.2) is 53.4 Å². The first-order valence-corrected chi connectivity index (χ1v) is 13.2. The largest absolute Gasteiger partial charge is 0.454 e. The van der Waals surface area contributed by atoms with Crippen LogP contribution in [0.4, 0.5) is 5.69 Å². The Hall–Kier alpha value is -2.21. The van der Waals surface area contributed by atoms with E-state index >= 15 is 0 Å². The summed E-state index contributed by atoms with van der Waals surface area (Å²) in [5, 5.41) is 0. The number of nitrogen functional groups attached to an aromatic ring is 1. The van der Waals surface area contributed by atoms with Crippen molar-refractivity contribution in [2.75, 3.05) is 32.2 Å². The third kappa shape index (κ3) is 10.5. The molecule has 0 spiro atoms. The minimum absolute atomic E-state index is 0.0666. The Kier molecular flexibility index (Phi) is 13.8. The maximum Gasteiger partial charge on any atom is 0.349 e. The van der Waals surface area contributed by atoms with Crippen LogP contribution in [0.3, 0.4) is 0 Å². The van der Waals surface area contributed by atoms with Crippen molar-refractivity contribution in [2.24, 2.45) is 0 Å². The van der Waals surface area contributed by atoms with Crippen molar-refractivity contribution in [3.8, 4) is 5.75 Å². The Balaban J connectivity index is 0.000000462. The maximum absolute atomic E-state index is 10.5. The maximum atomic E-state index is 10.5. The normalized spacial score (nSPS) is 12.5. The number of unbranched alkanes of at least 4 members (excludes halogenated alkanes) is 1. The smallest absolute Gasteiger partial charge is 0.349 e. The number of benzene rings is 2. The summed E-state index contributed by atoms with van der Waals surface area (Å²) < 4.78 is 58.8. The fourth-order valence-corrected chi connectivity index (χ4v) is 3.37. The summed E-state index contributed by atoms with van der Waals surface area (Å²) in [6.07, 6.45) is 1.00. The quantitative estimate of drug-likeness (QED) is 0.159. The standard InChI is InChI=1S/C18H31NO5.C7H8O3S/c1-5-9-14-20-17(24-16-13-11-10-12-15(16)19)18(21-6-2,22-7-3)23-8-4;1-6-2-4-7(5-3-6)11(8,9)10/h10-13,17H,5-9,14,19H2,1-4H3;2-5H,1H3,(H,8,9,10). The molecular formula is C25H39NO8S. The van der Waals surface area contributed by atoms with E-state index in [0.29, 0.717) is 37.9 Å². The Bertz CT molecular complexity index is 933. The lowest BCUT2D eigenvalue weighted by Gasteiger charge is -2.38. The molecule has 198 valence electrons. The van der Waals surface area contributed by atoms with E-state index < -0.39 is 22.4 Å². The molecule has 0 aliphatic heterocycles. The molecule has 0 amide bonds. The molecular weight excluding hydrogens is 474 g/mol. The van der Waals surface area contributed by atoms with Gasteiger partial charge in [-0.3, -0.25) is 4.55 Å². The molecule has 0 saturated heterocycles. The molecule has 2 aromatic rings. The molecule has 0 aliphatic carbocycles. The van der Waals surface area contributed by atoms with Crippen molar-refractivity contribution < 1.29 is 36.7 Å². The number of para-hydroxylation sites is 2. The van der Waals surface area contributed by atoms with Crippen LogP contribution in [0.2, 0.25) is 0 Å². The van der Waals surface area contributed by atoms with Gasteiger partial charge in [0, 0.05) is 19.8 Å². The molecule has 0 aliphatic rings. The second kappa shape index (κ2) is 15.7. The van der Waals surface area contributed by atoms with E-state index in [1.54, 1.807) is 24.3 Å². The van der Waals surface area contributed by atoms with Gasteiger partial charge in [-0.25, -0.2) is 0 Å². The number of hydrogen-bond acceptors (Lipinski definition) is 8. The van der Waals surface area contributed by atoms with E-state index in [2.05, 4.69) is 6.92 Å². The van der Waals surface area contributed by atoms with E-state index in [1.807, 2.05) is 39.8 Å². The number of hydrogen-bond donors (Lipinski definition) is 2. The molecule has 0 radical (unpaired) electrons. The average molecular weight is 514 g/mol. The fraction of sp³-hybridized carbons (Fsp3) is 0.520. The first kappa shape index (κ1) is 30.8. The first-order valence-electron chi connectivity index (χ1n) is 11.7. The minimum atomic E-state index is -4.02. The van der Waals surface area contributed by atoms with Gasteiger partial charge in [-0.2, -0.15) is 8.42 Å². The van der Waals surface area contributed by atoms with Gasteiger partial charge in [0.15, 0.2) is 0 Å². The molecule has 2 rings (SSSR count). The highest BCUT2D eigenvalue weighted by atomic mass is 32.2. The van der Waals surface area contributed by atoms with Gasteiger partial charge in [0.25, 0.3) is 16.4 Å². The Morgan fingerprint density at radius 2 is 1.46 bits per heavy atom. The zero-order valence-corrected chi connectivity index (χ0v) is 22.0. The summed E-state index contributed by atoms with van der Waals surface area (Å²) in [7, 11) is -4.02. The van der Waals surface area contributed by atoms with E-state index in [1.165, 1.54) is 12.1 Å². The van der Waals surface area contributed by atoms with Gasteiger partial charge in [-0.15, -0.1) is 0 Å². The topological polar surface area (TPSA) is 127 Å². The molecule has 0 saturated carbocycles. The van der Waals surface area contributed by atoms with Gasteiger partial charge < -0.3 is 29.4 Å². The second-order valence-electron chi connectivity index (χ2n) is 7.40. The van der Waals surface area contributed by atoms with Crippen molar-refractivity contribution in [2.45, 2.75) is 64.6 Å². The van der Waals surface area contributed by atoms with Gasteiger partial charge in [0.1, 0.15) is 5.75 Å². The third-order valence-corrected chi connectivity index (χ3v) is 5.43.